The Bertz CT molecular complexity index is 563. The second kappa shape index (κ2) is 5.98. The molecule has 1 nitrogen and oxygen atoms in total. The molecule has 0 bridgehead atoms. The van der Waals surface area contributed by atoms with Crippen molar-refractivity contribution in [1.82, 2.24) is 5.32 Å². The second-order valence-corrected chi connectivity index (χ2v) is 5.03. The number of likely N-dealkylation sites (N-methyl/N-ethyl adjacent to an activating group) is 1. The zero-order chi connectivity index (χ0) is 13.8. The monoisotopic (exact) mass is 257 g/mol. The minimum Gasteiger partial charge on any atom is -0.313 e. The first-order valence-corrected chi connectivity index (χ1v) is 6.59. The summed E-state index contributed by atoms with van der Waals surface area (Å²) in [5.74, 6) is -0.169. The summed E-state index contributed by atoms with van der Waals surface area (Å²) in [6.07, 6.45) is 0.867. The fourth-order valence-electron chi connectivity index (χ4n) is 2.38. The molecule has 1 atom stereocenters. The predicted octanol–water partition coefficient (Wildman–Crippen LogP) is 3.95. The molecule has 2 rings (SSSR count). The first-order chi connectivity index (χ1) is 9.10. The van der Waals surface area contributed by atoms with E-state index in [1.54, 1.807) is 6.07 Å². The third kappa shape index (κ3) is 3.42. The van der Waals surface area contributed by atoms with E-state index in [0.717, 1.165) is 12.0 Å². The van der Waals surface area contributed by atoms with Crippen LogP contribution in [0.15, 0.2) is 42.5 Å². The Morgan fingerprint density at radius 1 is 1.11 bits per heavy atom. The van der Waals surface area contributed by atoms with Crippen molar-refractivity contribution in [3.05, 3.63) is 70.5 Å². The van der Waals surface area contributed by atoms with E-state index in [4.69, 9.17) is 0 Å². The summed E-state index contributed by atoms with van der Waals surface area (Å²) in [6, 6.07) is 13.8. The fraction of sp³-hybridized carbons (Fsp3) is 0.294. The van der Waals surface area contributed by atoms with Gasteiger partial charge in [-0.05, 0) is 56.1 Å². The molecule has 0 aliphatic carbocycles. The molecule has 0 saturated heterocycles. The molecular weight excluding hydrogens is 237 g/mol. The second-order valence-electron chi connectivity index (χ2n) is 5.03. The maximum Gasteiger partial charge on any atom is 0.123 e. The molecular formula is C17H20FN. The molecule has 0 spiro atoms. The van der Waals surface area contributed by atoms with Crippen LogP contribution in [0.5, 0.6) is 0 Å². The minimum atomic E-state index is -0.169. The highest BCUT2D eigenvalue weighted by atomic mass is 19.1. The Labute approximate surface area is 114 Å². The number of benzene rings is 2. The molecule has 0 aliphatic rings. The molecule has 19 heavy (non-hydrogen) atoms. The van der Waals surface area contributed by atoms with E-state index < -0.39 is 0 Å². The molecule has 2 aromatic rings. The highest BCUT2D eigenvalue weighted by Gasteiger charge is 2.11. The van der Waals surface area contributed by atoms with Gasteiger partial charge in [-0.1, -0.05) is 35.9 Å². The van der Waals surface area contributed by atoms with Gasteiger partial charge in [-0.3, -0.25) is 0 Å². The molecule has 100 valence electrons. The van der Waals surface area contributed by atoms with Crippen molar-refractivity contribution in [3.63, 3.8) is 0 Å². The molecule has 0 radical (unpaired) electrons. The van der Waals surface area contributed by atoms with Crippen LogP contribution in [0.2, 0.25) is 0 Å². The van der Waals surface area contributed by atoms with E-state index in [9.17, 15) is 4.39 Å². The van der Waals surface area contributed by atoms with E-state index in [0.29, 0.717) is 0 Å². The average molecular weight is 257 g/mol. The molecule has 0 amide bonds. The van der Waals surface area contributed by atoms with Crippen LogP contribution in [0.1, 0.15) is 28.3 Å². The number of aryl methyl sites for hydroxylation is 2. The minimum absolute atomic E-state index is 0.169. The Morgan fingerprint density at radius 3 is 2.53 bits per heavy atom. The maximum absolute atomic E-state index is 13.1. The molecule has 1 N–H and O–H groups in total. The zero-order valence-electron chi connectivity index (χ0n) is 11.7. The van der Waals surface area contributed by atoms with Gasteiger partial charge < -0.3 is 5.32 Å². The van der Waals surface area contributed by atoms with Gasteiger partial charge in [0, 0.05) is 6.04 Å². The van der Waals surface area contributed by atoms with Crippen LogP contribution >= 0.6 is 0 Å². The van der Waals surface area contributed by atoms with E-state index in [1.165, 1.54) is 22.8 Å². The van der Waals surface area contributed by atoms with Crippen molar-refractivity contribution in [2.24, 2.45) is 0 Å². The molecule has 0 aliphatic heterocycles. The van der Waals surface area contributed by atoms with E-state index >= 15 is 0 Å². The largest absolute Gasteiger partial charge is 0.313 e. The van der Waals surface area contributed by atoms with Crippen molar-refractivity contribution >= 4 is 0 Å². The normalized spacial score (nSPS) is 12.4. The van der Waals surface area contributed by atoms with Gasteiger partial charge in [0.25, 0.3) is 0 Å². The molecule has 0 saturated carbocycles. The summed E-state index contributed by atoms with van der Waals surface area (Å²) in [6.45, 7) is 4.06. The highest BCUT2D eigenvalue weighted by Crippen LogP contribution is 2.21. The van der Waals surface area contributed by atoms with Crippen LogP contribution in [0.4, 0.5) is 4.39 Å². The van der Waals surface area contributed by atoms with E-state index in [1.807, 2.05) is 20.0 Å². The van der Waals surface area contributed by atoms with Gasteiger partial charge in [0.1, 0.15) is 5.82 Å². The van der Waals surface area contributed by atoms with Crippen LogP contribution in [0.25, 0.3) is 0 Å². The molecule has 2 heteroatoms. The van der Waals surface area contributed by atoms with E-state index in [-0.39, 0.29) is 11.9 Å². The van der Waals surface area contributed by atoms with Crippen LogP contribution in [-0.2, 0) is 6.42 Å². The van der Waals surface area contributed by atoms with Crippen LogP contribution < -0.4 is 5.32 Å². The lowest BCUT2D eigenvalue weighted by atomic mass is 9.95. The Hall–Kier alpha value is -1.67. The fourth-order valence-corrected chi connectivity index (χ4v) is 2.38. The van der Waals surface area contributed by atoms with Crippen molar-refractivity contribution in [2.45, 2.75) is 26.3 Å². The number of nitrogens with one attached hydrogen (secondary N) is 1. The molecule has 1 unspecified atom stereocenters. The average Bonchev–Trinajstić information content (AvgIpc) is 2.38. The summed E-state index contributed by atoms with van der Waals surface area (Å²) in [7, 11) is 1.96. The Morgan fingerprint density at radius 2 is 1.89 bits per heavy atom. The topological polar surface area (TPSA) is 12.0 Å². The summed E-state index contributed by atoms with van der Waals surface area (Å²) < 4.78 is 13.1. The van der Waals surface area contributed by atoms with Crippen LogP contribution in [0.3, 0.4) is 0 Å². The van der Waals surface area contributed by atoms with Gasteiger partial charge in [-0.15, -0.1) is 0 Å². The summed E-state index contributed by atoms with van der Waals surface area (Å²) in [5, 5.41) is 3.34. The van der Waals surface area contributed by atoms with Gasteiger partial charge >= 0.3 is 0 Å². The first-order valence-electron chi connectivity index (χ1n) is 6.59. The van der Waals surface area contributed by atoms with Crippen LogP contribution in [-0.4, -0.2) is 7.05 Å². The number of hydrogen-bond acceptors (Lipinski definition) is 1. The SMILES string of the molecule is CNC(Cc1ccc(F)cc1C)c1cccc(C)c1. The van der Waals surface area contributed by atoms with Crippen molar-refractivity contribution in [1.29, 1.82) is 0 Å². The Balaban J connectivity index is 2.24. The standard InChI is InChI=1S/C17H20FN/c1-12-5-4-6-15(9-12)17(19-3)11-14-7-8-16(18)10-13(14)2/h4-10,17,19H,11H2,1-3H3. The lowest BCUT2D eigenvalue weighted by molar-refractivity contribution is 0.586. The summed E-state index contributed by atoms with van der Waals surface area (Å²) >= 11 is 0. The van der Waals surface area contributed by atoms with E-state index in [2.05, 4.69) is 36.5 Å². The number of hydrogen-bond donors (Lipinski definition) is 1. The third-order valence-electron chi connectivity index (χ3n) is 3.52. The van der Waals surface area contributed by atoms with Gasteiger partial charge in [0.2, 0.25) is 0 Å². The molecule has 0 aromatic heterocycles. The van der Waals surface area contributed by atoms with Crippen molar-refractivity contribution < 1.29 is 4.39 Å². The molecule has 0 fully saturated rings. The summed E-state index contributed by atoms with van der Waals surface area (Å²) in [4.78, 5) is 0. The predicted molar refractivity (Wildman–Crippen MR) is 77.8 cm³/mol. The highest BCUT2D eigenvalue weighted by molar-refractivity contribution is 5.31. The van der Waals surface area contributed by atoms with Gasteiger partial charge in [0.05, 0.1) is 0 Å². The third-order valence-corrected chi connectivity index (χ3v) is 3.52. The smallest absolute Gasteiger partial charge is 0.123 e. The van der Waals surface area contributed by atoms with Gasteiger partial charge in [-0.2, -0.15) is 0 Å². The van der Waals surface area contributed by atoms with Crippen molar-refractivity contribution in [2.75, 3.05) is 7.05 Å². The van der Waals surface area contributed by atoms with Crippen molar-refractivity contribution in [3.8, 4) is 0 Å². The lowest BCUT2D eigenvalue weighted by Gasteiger charge is -2.18. The number of halogens is 1. The van der Waals surface area contributed by atoms with Crippen LogP contribution in [0, 0.1) is 19.7 Å². The quantitative estimate of drug-likeness (QED) is 0.874. The number of rotatable bonds is 4. The lowest BCUT2D eigenvalue weighted by Crippen LogP contribution is -2.19. The molecule has 2 aromatic carbocycles. The first kappa shape index (κ1) is 13.8. The Kier molecular flexibility index (Phi) is 4.33. The van der Waals surface area contributed by atoms with Gasteiger partial charge in [0.15, 0.2) is 0 Å². The summed E-state index contributed by atoms with van der Waals surface area (Å²) in [5.41, 5.74) is 4.72. The maximum atomic E-state index is 13.1. The molecule has 0 heterocycles. The van der Waals surface area contributed by atoms with Gasteiger partial charge in [-0.25, -0.2) is 4.39 Å². The zero-order valence-corrected chi connectivity index (χ0v) is 11.7.